The molecule has 0 aliphatic heterocycles. The van der Waals surface area contributed by atoms with E-state index in [0.29, 0.717) is 23.7 Å². The number of hydrogen-bond donors (Lipinski definition) is 0. The molecule has 4 heteroatoms. The molecule has 0 spiro atoms. The van der Waals surface area contributed by atoms with Gasteiger partial charge in [0, 0.05) is 0 Å². The first-order chi connectivity index (χ1) is 12.0. The van der Waals surface area contributed by atoms with Crippen molar-refractivity contribution in [2.45, 2.75) is 59.1 Å². The lowest BCUT2D eigenvalue weighted by Gasteiger charge is -2.36. The standard InChI is InChI=1S/C21H29NO3/c1-14(2)18-11-10-15(3)12-19(18)24-20-13-22(21(23)25-20)16(4)17-8-6-5-7-9-17/h5-9,13-16,18-19H,10-12H2,1-4H3. The molecule has 4 atom stereocenters. The largest absolute Gasteiger partial charge is 0.460 e. The molecule has 4 nitrogen and oxygen atoms in total. The van der Waals surface area contributed by atoms with Gasteiger partial charge in [-0.25, -0.2) is 4.79 Å². The number of benzene rings is 1. The summed E-state index contributed by atoms with van der Waals surface area (Å²) in [5.74, 6) is 1.71. The first kappa shape index (κ1) is 17.8. The monoisotopic (exact) mass is 343 g/mol. The van der Waals surface area contributed by atoms with Gasteiger partial charge in [0.2, 0.25) is 0 Å². The van der Waals surface area contributed by atoms with E-state index >= 15 is 0 Å². The molecule has 2 aromatic rings. The Bertz CT molecular complexity index is 731. The van der Waals surface area contributed by atoms with Crippen molar-refractivity contribution in [2.24, 2.45) is 17.8 Å². The Morgan fingerprint density at radius 3 is 2.56 bits per heavy atom. The minimum absolute atomic E-state index is 0.0824. The van der Waals surface area contributed by atoms with Crippen LogP contribution in [0.25, 0.3) is 0 Å². The Morgan fingerprint density at radius 1 is 1.16 bits per heavy atom. The minimum Gasteiger partial charge on any atom is -0.460 e. The summed E-state index contributed by atoms with van der Waals surface area (Å²) < 4.78 is 13.2. The number of nitrogens with zero attached hydrogens (tertiary/aromatic N) is 1. The molecule has 0 radical (unpaired) electrons. The Kier molecular flexibility index (Phi) is 5.36. The van der Waals surface area contributed by atoms with Crippen molar-refractivity contribution >= 4 is 0 Å². The summed E-state index contributed by atoms with van der Waals surface area (Å²) >= 11 is 0. The number of hydrogen-bond acceptors (Lipinski definition) is 3. The second-order valence-electron chi connectivity index (χ2n) is 7.79. The zero-order valence-corrected chi connectivity index (χ0v) is 15.6. The molecular formula is C21H29NO3. The predicted octanol–water partition coefficient (Wildman–Crippen LogP) is 4.89. The fourth-order valence-corrected chi connectivity index (χ4v) is 3.95. The summed E-state index contributed by atoms with van der Waals surface area (Å²) in [4.78, 5) is 12.3. The van der Waals surface area contributed by atoms with E-state index in [1.807, 2.05) is 37.3 Å². The van der Waals surface area contributed by atoms with E-state index < -0.39 is 0 Å². The molecule has 1 aliphatic rings. The average Bonchev–Trinajstić information content (AvgIpc) is 2.95. The van der Waals surface area contributed by atoms with Gasteiger partial charge in [-0.2, -0.15) is 0 Å². The zero-order chi connectivity index (χ0) is 18.0. The van der Waals surface area contributed by atoms with Crippen LogP contribution in [-0.2, 0) is 0 Å². The maximum absolute atomic E-state index is 12.3. The molecular weight excluding hydrogens is 314 g/mol. The van der Waals surface area contributed by atoms with Gasteiger partial charge in [-0.15, -0.1) is 0 Å². The third-order valence-electron chi connectivity index (χ3n) is 5.57. The van der Waals surface area contributed by atoms with E-state index in [1.54, 1.807) is 10.8 Å². The molecule has 1 saturated carbocycles. The average molecular weight is 343 g/mol. The third kappa shape index (κ3) is 4.00. The van der Waals surface area contributed by atoms with Crippen molar-refractivity contribution in [3.63, 3.8) is 0 Å². The summed E-state index contributed by atoms with van der Waals surface area (Å²) in [6.07, 6.45) is 5.28. The van der Waals surface area contributed by atoms with E-state index in [-0.39, 0.29) is 17.9 Å². The van der Waals surface area contributed by atoms with Crippen LogP contribution in [0.3, 0.4) is 0 Å². The SMILES string of the molecule is CC1CCC(C(C)C)C(Oc2cn(C(C)c3ccccc3)c(=O)o2)C1. The van der Waals surface area contributed by atoms with E-state index in [4.69, 9.17) is 9.15 Å². The van der Waals surface area contributed by atoms with Gasteiger partial charge in [0.25, 0.3) is 0 Å². The van der Waals surface area contributed by atoms with Gasteiger partial charge < -0.3 is 9.15 Å². The molecule has 4 unspecified atom stereocenters. The molecule has 3 rings (SSSR count). The fourth-order valence-electron chi connectivity index (χ4n) is 3.95. The van der Waals surface area contributed by atoms with Gasteiger partial charge in [0.1, 0.15) is 6.10 Å². The lowest BCUT2D eigenvalue weighted by molar-refractivity contribution is 0.0279. The molecule has 136 valence electrons. The second-order valence-corrected chi connectivity index (χ2v) is 7.79. The predicted molar refractivity (Wildman–Crippen MR) is 99.0 cm³/mol. The van der Waals surface area contributed by atoms with Gasteiger partial charge in [0.05, 0.1) is 12.2 Å². The van der Waals surface area contributed by atoms with E-state index in [0.717, 1.165) is 12.0 Å². The van der Waals surface area contributed by atoms with Crippen LogP contribution in [0.5, 0.6) is 5.95 Å². The van der Waals surface area contributed by atoms with Crippen LogP contribution in [-0.4, -0.2) is 10.7 Å². The van der Waals surface area contributed by atoms with Gasteiger partial charge in [-0.3, -0.25) is 4.57 Å². The molecule has 25 heavy (non-hydrogen) atoms. The molecule has 0 saturated heterocycles. The lowest BCUT2D eigenvalue weighted by Crippen LogP contribution is -2.36. The maximum atomic E-state index is 12.3. The molecule has 0 bridgehead atoms. The van der Waals surface area contributed by atoms with Crippen LogP contribution in [0, 0.1) is 17.8 Å². The molecule has 1 aromatic heterocycles. The van der Waals surface area contributed by atoms with Crippen molar-refractivity contribution in [2.75, 3.05) is 0 Å². The van der Waals surface area contributed by atoms with Crippen LogP contribution in [0.2, 0.25) is 0 Å². The summed E-state index contributed by atoms with van der Waals surface area (Å²) in [5, 5.41) is 0. The van der Waals surface area contributed by atoms with Crippen molar-refractivity contribution in [1.29, 1.82) is 0 Å². The second kappa shape index (κ2) is 7.51. The topological polar surface area (TPSA) is 44.4 Å². The Morgan fingerprint density at radius 2 is 1.88 bits per heavy atom. The Labute approximate surface area is 149 Å². The smallest absolute Gasteiger partial charge is 0.422 e. The highest BCUT2D eigenvalue weighted by molar-refractivity contribution is 5.19. The third-order valence-corrected chi connectivity index (χ3v) is 5.57. The van der Waals surface area contributed by atoms with Crippen LogP contribution >= 0.6 is 0 Å². The lowest BCUT2D eigenvalue weighted by atomic mass is 9.75. The maximum Gasteiger partial charge on any atom is 0.422 e. The first-order valence-electron chi connectivity index (χ1n) is 9.39. The van der Waals surface area contributed by atoms with Gasteiger partial charge >= 0.3 is 11.7 Å². The molecule has 1 aromatic carbocycles. The summed E-state index contributed by atoms with van der Waals surface area (Å²) in [7, 11) is 0. The van der Waals surface area contributed by atoms with Gasteiger partial charge in [-0.05, 0) is 43.1 Å². The van der Waals surface area contributed by atoms with E-state index in [2.05, 4.69) is 20.8 Å². The highest BCUT2D eigenvalue weighted by Gasteiger charge is 2.33. The first-order valence-corrected chi connectivity index (χ1v) is 9.39. The van der Waals surface area contributed by atoms with Gasteiger partial charge in [0.15, 0.2) is 0 Å². The van der Waals surface area contributed by atoms with Crippen molar-refractivity contribution in [3.05, 3.63) is 52.6 Å². The van der Waals surface area contributed by atoms with Crippen LogP contribution in [0.4, 0.5) is 0 Å². The highest BCUT2D eigenvalue weighted by atomic mass is 16.6. The molecule has 1 aliphatic carbocycles. The molecule has 0 amide bonds. The minimum atomic E-state index is -0.365. The quantitative estimate of drug-likeness (QED) is 0.776. The van der Waals surface area contributed by atoms with Gasteiger partial charge in [-0.1, -0.05) is 57.5 Å². The molecule has 0 N–H and O–H groups in total. The van der Waals surface area contributed by atoms with E-state index in [1.165, 1.54) is 12.8 Å². The Balaban J connectivity index is 1.79. The highest BCUT2D eigenvalue weighted by Crippen LogP contribution is 2.36. The summed E-state index contributed by atoms with van der Waals surface area (Å²) in [5.41, 5.74) is 1.07. The van der Waals surface area contributed by atoms with Crippen LogP contribution < -0.4 is 10.5 Å². The fraction of sp³-hybridized carbons (Fsp3) is 0.571. The number of rotatable bonds is 5. The van der Waals surface area contributed by atoms with Crippen LogP contribution in [0.1, 0.15) is 58.6 Å². The number of oxazole rings is 1. The molecule has 1 heterocycles. The Hall–Kier alpha value is -1.97. The van der Waals surface area contributed by atoms with Crippen LogP contribution in [0.15, 0.2) is 45.7 Å². The van der Waals surface area contributed by atoms with Crippen molar-refractivity contribution < 1.29 is 9.15 Å². The van der Waals surface area contributed by atoms with E-state index in [9.17, 15) is 4.79 Å². The number of ether oxygens (including phenoxy) is 1. The summed E-state index contributed by atoms with van der Waals surface area (Å²) in [6, 6.07) is 9.88. The normalized spacial score (nSPS) is 25.1. The van der Waals surface area contributed by atoms with Crippen molar-refractivity contribution in [3.8, 4) is 5.95 Å². The summed E-state index contributed by atoms with van der Waals surface area (Å²) in [6.45, 7) is 8.76. The zero-order valence-electron chi connectivity index (χ0n) is 15.6. The van der Waals surface area contributed by atoms with Crippen molar-refractivity contribution in [1.82, 2.24) is 4.57 Å². The number of aromatic nitrogens is 1. The molecule has 1 fully saturated rings.